The van der Waals surface area contributed by atoms with E-state index in [2.05, 4.69) is 22.5 Å². The van der Waals surface area contributed by atoms with Gasteiger partial charge in [-0.25, -0.2) is 4.39 Å². The molecule has 29 heavy (non-hydrogen) atoms. The smallest absolute Gasteiger partial charge is 0.251 e. The molecule has 6 heteroatoms. The van der Waals surface area contributed by atoms with Crippen molar-refractivity contribution in [1.29, 1.82) is 0 Å². The molecule has 2 unspecified atom stereocenters. The lowest BCUT2D eigenvalue weighted by Crippen LogP contribution is -2.47. The first kappa shape index (κ1) is 20.8. The summed E-state index contributed by atoms with van der Waals surface area (Å²) in [6.07, 6.45) is 1.20. The molecule has 2 amide bonds. The van der Waals surface area contributed by atoms with Crippen LogP contribution >= 0.6 is 0 Å². The number of anilines is 2. The average molecular weight is 397 g/mol. The highest BCUT2D eigenvalue weighted by molar-refractivity contribution is 6.01. The van der Waals surface area contributed by atoms with E-state index < -0.39 is 17.8 Å². The van der Waals surface area contributed by atoms with Gasteiger partial charge in [0.05, 0.1) is 0 Å². The number of carbonyl (C=O) groups is 2. The van der Waals surface area contributed by atoms with Crippen LogP contribution in [-0.4, -0.2) is 30.9 Å². The zero-order valence-electron chi connectivity index (χ0n) is 17.1. The molecule has 1 saturated heterocycles. The summed E-state index contributed by atoms with van der Waals surface area (Å²) in [5.74, 6) is -0.502. The highest BCUT2D eigenvalue weighted by Gasteiger charge is 2.25. The second-order valence-electron chi connectivity index (χ2n) is 8.08. The van der Waals surface area contributed by atoms with Gasteiger partial charge in [0.25, 0.3) is 5.91 Å². The molecule has 2 aromatic rings. The van der Waals surface area contributed by atoms with Crippen LogP contribution in [0, 0.1) is 17.7 Å². The van der Waals surface area contributed by atoms with Crippen LogP contribution in [0.5, 0.6) is 0 Å². The highest BCUT2D eigenvalue weighted by Crippen LogP contribution is 2.25. The van der Waals surface area contributed by atoms with Gasteiger partial charge in [-0.2, -0.15) is 0 Å². The van der Waals surface area contributed by atoms with E-state index in [9.17, 15) is 14.0 Å². The van der Waals surface area contributed by atoms with Crippen molar-refractivity contribution in [2.75, 3.05) is 23.3 Å². The van der Waals surface area contributed by atoms with Gasteiger partial charge in [-0.15, -0.1) is 0 Å². The number of halogens is 1. The molecule has 2 N–H and O–H groups in total. The first-order valence-corrected chi connectivity index (χ1v) is 10.1. The van der Waals surface area contributed by atoms with Crippen molar-refractivity contribution < 1.29 is 14.0 Å². The summed E-state index contributed by atoms with van der Waals surface area (Å²) in [5.41, 5.74) is 2.15. The van der Waals surface area contributed by atoms with Crippen LogP contribution in [0.15, 0.2) is 48.5 Å². The van der Waals surface area contributed by atoms with Gasteiger partial charge in [0.1, 0.15) is 11.9 Å². The lowest BCUT2D eigenvalue weighted by Gasteiger charge is -2.22. The van der Waals surface area contributed by atoms with Gasteiger partial charge in [-0.05, 0) is 66.8 Å². The number of carbonyl (C=O) groups excluding carboxylic acids is 2. The molecule has 0 aromatic heterocycles. The van der Waals surface area contributed by atoms with Crippen LogP contribution < -0.4 is 15.5 Å². The summed E-state index contributed by atoms with van der Waals surface area (Å²) >= 11 is 0. The maximum absolute atomic E-state index is 13.1. The van der Waals surface area contributed by atoms with Crippen molar-refractivity contribution >= 4 is 23.2 Å². The second kappa shape index (κ2) is 9.07. The maximum Gasteiger partial charge on any atom is 0.251 e. The summed E-state index contributed by atoms with van der Waals surface area (Å²) < 4.78 is 13.1. The van der Waals surface area contributed by atoms with Gasteiger partial charge in [-0.1, -0.05) is 20.8 Å². The minimum atomic E-state index is -0.702. The van der Waals surface area contributed by atoms with Gasteiger partial charge >= 0.3 is 0 Å². The van der Waals surface area contributed by atoms with Crippen molar-refractivity contribution in [2.24, 2.45) is 11.8 Å². The van der Waals surface area contributed by atoms with Gasteiger partial charge < -0.3 is 15.5 Å². The maximum atomic E-state index is 13.1. The molecule has 154 valence electrons. The molecule has 0 spiro atoms. The SMILES string of the molecule is CC1CCN(c2ccc(NC(=O)C(NC(=O)c3ccc(F)cc3)C(C)C)cc2)C1. The van der Waals surface area contributed by atoms with Gasteiger partial charge in [0.15, 0.2) is 0 Å². The van der Waals surface area contributed by atoms with Gasteiger partial charge in [-0.3, -0.25) is 9.59 Å². The number of hydrogen-bond donors (Lipinski definition) is 2. The first-order chi connectivity index (χ1) is 13.8. The normalized spacial score (nSPS) is 17.3. The number of amides is 2. The lowest BCUT2D eigenvalue weighted by atomic mass is 10.0. The summed E-state index contributed by atoms with van der Waals surface area (Å²) in [7, 11) is 0. The fourth-order valence-electron chi connectivity index (χ4n) is 3.51. The first-order valence-electron chi connectivity index (χ1n) is 10.1. The van der Waals surface area contributed by atoms with E-state index in [1.54, 1.807) is 0 Å². The van der Waals surface area contributed by atoms with Crippen LogP contribution in [0.1, 0.15) is 37.6 Å². The van der Waals surface area contributed by atoms with E-state index in [0.29, 0.717) is 17.2 Å². The Bertz CT molecular complexity index is 849. The molecule has 2 atom stereocenters. The predicted octanol–water partition coefficient (Wildman–Crippen LogP) is 4.07. The van der Waals surface area contributed by atoms with E-state index >= 15 is 0 Å². The van der Waals surface area contributed by atoms with Gasteiger partial charge in [0.2, 0.25) is 5.91 Å². The third-order valence-corrected chi connectivity index (χ3v) is 5.27. The molecule has 1 fully saturated rings. The Morgan fingerprint density at radius 2 is 1.72 bits per heavy atom. The molecular formula is C23H28FN3O2. The quantitative estimate of drug-likeness (QED) is 0.773. The van der Waals surface area contributed by atoms with Crippen LogP contribution in [0.25, 0.3) is 0 Å². The summed E-state index contributed by atoms with van der Waals surface area (Å²) in [5, 5.41) is 5.64. The number of rotatable bonds is 6. The van der Waals surface area contributed by atoms with E-state index in [-0.39, 0.29) is 11.8 Å². The lowest BCUT2D eigenvalue weighted by molar-refractivity contribution is -0.118. The number of benzene rings is 2. The van der Waals surface area contributed by atoms with Crippen molar-refractivity contribution in [3.8, 4) is 0 Å². The Morgan fingerprint density at radius 3 is 2.28 bits per heavy atom. The summed E-state index contributed by atoms with van der Waals surface area (Å²) in [6, 6.07) is 12.3. The molecule has 1 heterocycles. The Kier molecular flexibility index (Phi) is 6.52. The van der Waals surface area contributed by atoms with Crippen LogP contribution in [0.3, 0.4) is 0 Å². The topological polar surface area (TPSA) is 61.4 Å². The summed E-state index contributed by atoms with van der Waals surface area (Å²) in [4.78, 5) is 27.5. The third kappa shape index (κ3) is 5.34. The minimum Gasteiger partial charge on any atom is -0.371 e. The summed E-state index contributed by atoms with van der Waals surface area (Å²) in [6.45, 7) is 8.09. The van der Waals surface area contributed by atoms with Crippen LogP contribution in [-0.2, 0) is 4.79 Å². The molecular weight excluding hydrogens is 369 g/mol. The zero-order chi connectivity index (χ0) is 21.0. The van der Waals surface area contributed by atoms with Crippen LogP contribution in [0.2, 0.25) is 0 Å². The molecule has 0 aliphatic carbocycles. The fourth-order valence-corrected chi connectivity index (χ4v) is 3.51. The molecule has 1 aliphatic heterocycles. The fraction of sp³-hybridized carbons (Fsp3) is 0.391. The number of hydrogen-bond acceptors (Lipinski definition) is 3. The van der Waals surface area contributed by atoms with Crippen molar-refractivity contribution in [3.63, 3.8) is 0 Å². The largest absolute Gasteiger partial charge is 0.371 e. The number of nitrogens with zero attached hydrogens (tertiary/aromatic N) is 1. The second-order valence-corrected chi connectivity index (χ2v) is 8.08. The minimum absolute atomic E-state index is 0.107. The molecule has 5 nitrogen and oxygen atoms in total. The van der Waals surface area contributed by atoms with E-state index in [1.807, 2.05) is 38.1 Å². The Morgan fingerprint density at radius 1 is 1.07 bits per heavy atom. The van der Waals surface area contributed by atoms with Crippen molar-refractivity contribution in [2.45, 2.75) is 33.2 Å². The predicted molar refractivity (Wildman–Crippen MR) is 114 cm³/mol. The van der Waals surface area contributed by atoms with Crippen molar-refractivity contribution in [3.05, 3.63) is 59.9 Å². The molecule has 3 rings (SSSR count). The zero-order valence-corrected chi connectivity index (χ0v) is 17.1. The third-order valence-electron chi connectivity index (χ3n) is 5.27. The average Bonchev–Trinajstić information content (AvgIpc) is 3.13. The van der Waals surface area contributed by atoms with Crippen LogP contribution in [0.4, 0.5) is 15.8 Å². The van der Waals surface area contributed by atoms with E-state index in [4.69, 9.17) is 0 Å². The van der Waals surface area contributed by atoms with E-state index in [0.717, 1.165) is 18.8 Å². The van der Waals surface area contributed by atoms with Gasteiger partial charge in [0, 0.05) is 30.0 Å². The van der Waals surface area contributed by atoms with Crippen molar-refractivity contribution in [1.82, 2.24) is 5.32 Å². The Hall–Kier alpha value is -2.89. The standard InChI is InChI=1S/C23H28FN3O2/c1-15(2)21(26-22(28)17-4-6-18(24)7-5-17)23(29)25-19-8-10-20(11-9-19)27-13-12-16(3)14-27/h4-11,15-16,21H,12-14H2,1-3H3,(H,25,29)(H,26,28). The van der Waals surface area contributed by atoms with E-state index in [1.165, 1.54) is 30.7 Å². The molecule has 0 radical (unpaired) electrons. The number of nitrogens with one attached hydrogen (secondary N) is 2. The molecule has 0 bridgehead atoms. The highest BCUT2D eigenvalue weighted by atomic mass is 19.1. The molecule has 1 aliphatic rings. The monoisotopic (exact) mass is 397 g/mol. The Balaban J connectivity index is 1.63. The Labute approximate surface area is 171 Å². The molecule has 0 saturated carbocycles. The molecule has 2 aromatic carbocycles.